The third kappa shape index (κ3) is 4.12. The lowest BCUT2D eigenvalue weighted by Crippen LogP contribution is -2.25. The van der Waals surface area contributed by atoms with E-state index in [0.717, 1.165) is 33.8 Å². The zero-order valence-electron chi connectivity index (χ0n) is 15.6. The van der Waals surface area contributed by atoms with E-state index in [0.29, 0.717) is 28.0 Å². The van der Waals surface area contributed by atoms with Crippen LogP contribution in [0.1, 0.15) is 29.3 Å². The van der Waals surface area contributed by atoms with E-state index in [1.54, 1.807) is 35.7 Å². The summed E-state index contributed by atoms with van der Waals surface area (Å²) in [6.07, 6.45) is 6.67. The highest BCUT2D eigenvalue weighted by atomic mass is 35.5. The van der Waals surface area contributed by atoms with E-state index in [4.69, 9.17) is 23.2 Å². The summed E-state index contributed by atoms with van der Waals surface area (Å²) in [5, 5.41) is 8.33. The second kappa shape index (κ2) is 7.86. The van der Waals surface area contributed by atoms with E-state index in [2.05, 4.69) is 20.6 Å². The smallest absolute Gasteiger partial charge is 0.323 e. The molecule has 0 atom stereocenters. The van der Waals surface area contributed by atoms with Crippen LogP contribution < -0.4 is 27.2 Å². The van der Waals surface area contributed by atoms with Crippen LogP contribution in [0.2, 0.25) is 5.02 Å². The van der Waals surface area contributed by atoms with E-state index < -0.39 is 0 Å². The molecule has 1 aliphatic carbocycles. The maximum atomic E-state index is 12.6. The Bertz CT molecular complexity index is 1110. The molecule has 0 unspecified atom stereocenters. The molecule has 2 aromatic heterocycles. The molecule has 1 saturated carbocycles. The number of nitrogens with two attached hydrogens (primary N) is 2. The maximum absolute atomic E-state index is 12.6. The lowest BCUT2D eigenvalue weighted by molar-refractivity contribution is 0.262. The number of carbonyl (C=O) groups excluding carboxylic acids is 1. The Hall–Kier alpha value is -2.88. The third-order valence-electron chi connectivity index (χ3n) is 4.54. The zero-order chi connectivity index (χ0) is 20.5. The van der Waals surface area contributed by atoms with Crippen LogP contribution in [-0.4, -0.2) is 16.0 Å². The molecule has 150 valence electrons. The molecule has 4 rings (SSSR count). The molecule has 3 aromatic rings. The predicted octanol–water partition coefficient (Wildman–Crippen LogP) is 4.28. The molecule has 0 aliphatic heterocycles. The monoisotopic (exact) mass is 429 g/mol. The number of nitrogens with zero attached hydrogens (tertiary/aromatic N) is 3. The van der Waals surface area contributed by atoms with Crippen molar-refractivity contribution in [2.75, 3.05) is 15.6 Å². The number of urea groups is 1. The van der Waals surface area contributed by atoms with Crippen molar-refractivity contribution in [3.05, 3.63) is 52.4 Å². The van der Waals surface area contributed by atoms with Gasteiger partial charge in [0.1, 0.15) is 10.3 Å². The van der Waals surface area contributed by atoms with E-state index >= 15 is 0 Å². The Morgan fingerprint density at radius 2 is 2.17 bits per heavy atom. The predicted molar refractivity (Wildman–Crippen MR) is 118 cm³/mol. The average Bonchev–Trinajstić information content (AvgIpc) is 3.42. The Morgan fingerprint density at radius 1 is 1.38 bits per heavy atom. The first-order valence-corrected chi connectivity index (χ1v) is 10.2. The van der Waals surface area contributed by atoms with Crippen LogP contribution in [0.4, 0.5) is 21.9 Å². The van der Waals surface area contributed by atoms with Gasteiger partial charge in [-0.25, -0.2) is 20.6 Å². The highest BCUT2D eigenvalue weighted by molar-refractivity contribution is 7.18. The fraction of sp³-hybridized carbons (Fsp3) is 0.211. The summed E-state index contributed by atoms with van der Waals surface area (Å²) >= 11 is 7.82. The highest BCUT2D eigenvalue weighted by Crippen LogP contribution is 2.46. The molecule has 2 amide bonds. The topological polar surface area (TPSA) is 122 Å². The number of fused-ring (bicyclic) bond motifs is 1. The molecule has 0 radical (unpaired) electrons. The first-order chi connectivity index (χ1) is 14.0. The van der Waals surface area contributed by atoms with Gasteiger partial charge in [0.25, 0.3) is 0 Å². The molecular weight excluding hydrogens is 410 g/mol. The van der Waals surface area contributed by atoms with Crippen molar-refractivity contribution in [3.8, 4) is 0 Å². The Balaban J connectivity index is 1.53. The number of pyridine rings is 1. The molecule has 0 spiro atoms. The molecule has 0 bridgehead atoms. The Morgan fingerprint density at radius 3 is 2.86 bits per heavy atom. The van der Waals surface area contributed by atoms with Crippen molar-refractivity contribution in [2.45, 2.75) is 25.7 Å². The second-order valence-corrected chi connectivity index (χ2v) is 8.33. The first kappa shape index (κ1) is 19.4. The average molecular weight is 430 g/mol. The summed E-state index contributed by atoms with van der Waals surface area (Å²) < 4.78 is 0. The summed E-state index contributed by atoms with van der Waals surface area (Å²) in [7, 11) is 0. The lowest BCUT2D eigenvalue weighted by atomic mass is 10.1. The number of anilines is 3. The summed E-state index contributed by atoms with van der Waals surface area (Å²) in [5.74, 6) is 6.24. The summed E-state index contributed by atoms with van der Waals surface area (Å²) in [6, 6.07) is 4.64. The standard InChI is InChI=1S/C19H20ClN7OS/c1-10-24-17-16(11-2-3-11)14(9-23-18(17)29-10)26-19(28)25-12-4-5-15(13(20)8-12)27(22)7-6-21/h4-9,11H,2-3,21-22H2,1H3,(H2,25,26,28)/b7-6-. The van der Waals surface area contributed by atoms with Gasteiger partial charge in [0, 0.05) is 23.7 Å². The fourth-order valence-corrected chi connectivity index (χ4v) is 4.19. The van der Waals surface area contributed by atoms with E-state index in [9.17, 15) is 4.79 Å². The van der Waals surface area contributed by atoms with E-state index in [-0.39, 0.29) is 6.03 Å². The number of benzene rings is 1. The normalized spacial score (nSPS) is 13.8. The fourth-order valence-electron chi connectivity index (χ4n) is 3.14. The third-order valence-corrected chi connectivity index (χ3v) is 5.72. The molecule has 1 aliphatic rings. The SMILES string of the molecule is Cc1nc2c(C3CC3)c(NC(=O)Nc3ccc(N(N)/C=C\N)c(Cl)c3)cnc2s1. The molecule has 29 heavy (non-hydrogen) atoms. The molecule has 6 N–H and O–H groups in total. The number of aromatic nitrogens is 2. The Kier molecular flexibility index (Phi) is 5.27. The van der Waals surface area contributed by atoms with Crippen LogP contribution in [0.5, 0.6) is 0 Å². The van der Waals surface area contributed by atoms with Gasteiger partial charge in [-0.2, -0.15) is 0 Å². The van der Waals surface area contributed by atoms with Gasteiger partial charge in [-0.15, -0.1) is 0 Å². The number of amides is 2. The van der Waals surface area contributed by atoms with Gasteiger partial charge < -0.3 is 16.4 Å². The summed E-state index contributed by atoms with van der Waals surface area (Å²) in [6.45, 7) is 1.96. The number of rotatable bonds is 5. The number of hydrogen-bond acceptors (Lipinski definition) is 7. The van der Waals surface area contributed by atoms with E-state index in [1.165, 1.54) is 17.4 Å². The molecule has 1 fully saturated rings. The number of carbonyl (C=O) groups is 1. The van der Waals surface area contributed by atoms with Gasteiger partial charge in [0.05, 0.1) is 27.6 Å². The van der Waals surface area contributed by atoms with E-state index in [1.807, 2.05) is 6.92 Å². The summed E-state index contributed by atoms with van der Waals surface area (Å²) in [5.41, 5.74) is 9.07. The van der Waals surface area contributed by atoms with Crippen LogP contribution in [0.15, 0.2) is 36.8 Å². The van der Waals surface area contributed by atoms with Crippen LogP contribution in [-0.2, 0) is 0 Å². The van der Waals surface area contributed by atoms with Gasteiger partial charge in [-0.05, 0) is 43.9 Å². The van der Waals surface area contributed by atoms with Gasteiger partial charge >= 0.3 is 6.03 Å². The van der Waals surface area contributed by atoms with Crippen LogP contribution in [0.25, 0.3) is 10.3 Å². The number of nitrogens with one attached hydrogen (secondary N) is 2. The van der Waals surface area contributed by atoms with Gasteiger partial charge in [0.2, 0.25) is 0 Å². The highest BCUT2D eigenvalue weighted by Gasteiger charge is 2.30. The zero-order valence-corrected chi connectivity index (χ0v) is 17.2. The minimum absolute atomic E-state index is 0.378. The summed E-state index contributed by atoms with van der Waals surface area (Å²) in [4.78, 5) is 22.5. The van der Waals surface area contributed by atoms with Crippen molar-refractivity contribution < 1.29 is 4.79 Å². The number of hydrazine groups is 1. The van der Waals surface area contributed by atoms with Crippen molar-refractivity contribution in [2.24, 2.45) is 11.6 Å². The molecule has 10 heteroatoms. The van der Waals surface area contributed by atoms with Crippen LogP contribution >= 0.6 is 22.9 Å². The van der Waals surface area contributed by atoms with Crippen LogP contribution in [0.3, 0.4) is 0 Å². The minimum Gasteiger partial charge on any atom is -0.403 e. The van der Waals surface area contributed by atoms with Crippen molar-refractivity contribution in [3.63, 3.8) is 0 Å². The molecule has 1 aromatic carbocycles. The molecule has 0 saturated heterocycles. The number of aryl methyl sites for hydroxylation is 1. The largest absolute Gasteiger partial charge is 0.403 e. The molecule has 2 heterocycles. The van der Waals surface area contributed by atoms with Gasteiger partial charge in [0.15, 0.2) is 0 Å². The first-order valence-electron chi connectivity index (χ1n) is 9.02. The van der Waals surface area contributed by atoms with Crippen molar-refractivity contribution in [1.82, 2.24) is 9.97 Å². The van der Waals surface area contributed by atoms with Gasteiger partial charge in [-0.1, -0.05) is 22.9 Å². The van der Waals surface area contributed by atoms with Crippen molar-refractivity contribution >= 4 is 56.4 Å². The molecule has 8 nitrogen and oxygen atoms in total. The quantitative estimate of drug-likeness (QED) is 0.354. The molecular formula is C19H20ClN7OS. The maximum Gasteiger partial charge on any atom is 0.323 e. The second-order valence-electron chi connectivity index (χ2n) is 6.74. The minimum atomic E-state index is -0.379. The Labute approximate surface area is 176 Å². The van der Waals surface area contributed by atoms with Crippen LogP contribution in [0, 0.1) is 6.92 Å². The number of halogens is 1. The lowest BCUT2D eigenvalue weighted by Gasteiger charge is -2.16. The number of thiazole rings is 1. The van der Waals surface area contributed by atoms with Gasteiger partial charge in [-0.3, -0.25) is 5.01 Å². The number of hydrogen-bond donors (Lipinski definition) is 4. The van der Waals surface area contributed by atoms with Crippen molar-refractivity contribution in [1.29, 1.82) is 0 Å².